The van der Waals surface area contributed by atoms with Gasteiger partial charge in [-0.1, -0.05) is 6.92 Å². The van der Waals surface area contributed by atoms with Crippen molar-refractivity contribution in [2.24, 2.45) is 5.41 Å². The number of nitriles is 1. The Bertz CT molecular complexity index is 314. The second-order valence-corrected chi connectivity index (χ2v) is 4.93. The molecule has 4 nitrogen and oxygen atoms in total. The number of fused-ring (bicyclic) bond motifs is 2. The predicted molar refractivity (Wildman–Crippen MR) is 57.7 cm³/mol. The zero-order valence-electron chi connectivity index (χ0n) is 9.90. The van der Waals surface area contributed by atoms with Crippen LogP contribution in [0.1, 0.15) is 32.6 Å². The zero-order valence-corrected chi connectivity index (χ0v) is 9.90. The van der Waals surface area contributed by atoms with Crippen molar-refractivity contribution in [1.29, 1.82) is 5.26 Å². The minimum atomic E-state index is -1.09. The van der Waals surface area contributed by atoms with Crippen LogP contribution in [0.3, 0.4) is 0 Å². The quantitative estimate of drug-likeness (QED) is 0.781. The van der Waals surface area contributed by atoms with Crippen LogP contribution in [0.4, 0.5) is 0 Å². The first kappa shape index (κ1) is 11.8. The number of ether oxygens (including phenoxy) is 2. The van der Waals surface area contributed by atoms with Crippen LogP contribution in [0.25, 0.3) is 0 Å². The van der Waals surface area contributed by atoms with Crippen molar-refractivity contribution in [3.63, 3.8) is 0 Å². The highest BCUT2D eigenvalue weighted by atomic mass is 16.5. The molecule has 2 aliphatic rings. The van der Waals surface area contributed by atoms with Crippen LogP contribution in [-0.2, 0) is 9.47 Å². The molecule has 4 atom stereocenters. The summed E-state index contributed by atoms with van der Waals surface area (Å²) >= 11 is 0. The number of nitrogens with zero attached hydrogens (tertiary/aromatic N) is 1. The third-order valence-corrected chi connectivity index (χ3v) is 4.20. The summed E-state index contributed by atoms with van der Waals surface area (Å²) in [4.78, 5) is 0. The van der Waals surface area contributed by atoms with Crippen LogP contribution in [0.2, 0.25) is 0 Å². The van der Waals surface area contributed by atoms with Crippen LogP contribution in [0.15, 0.2) is 0 Å². The fraction of sp³-hybridized carbons (Fsp3) is 0.917. The maximum absolute atomic E-state index is 10.7. The second-order valence-electron chi connectivity index (χ2n) is 4.93. The maximum Gasteiger partial charge on any atom is 0.117 e. The molecule has 0 radical (unpaired) electrons. The van der Waals surface area contributed by atoms with Crippen LogP contribution in [-0.4, -0.2) is 36.6 Å². The lowest BCUT2D eigenvalue weighted by atomic mass is 9.63. The van der Waals surface area contributed by atoms with Crippen molar-refractivity contribution < 1.29 is 14.6 Å². The second kappa shape index (κ2) is 3.99. The molecule has 0 saturated carbocycles. The molecule has 2 fully saturated rings. The van der Waals surface area contributed by atoms with E-state index in [0.29, 0.717) is 12.8 Å². The number of aliphatic hydroxyl groups is 1. The Balaban J connectivity index is 2.31. The van der Waals surface area contributed by atoms with Crippen molar-refractivity contribution in [2.45, 2.75) is 50.4 Å². The molecule has 0 aliphatic carbocycles. The fourth-order valence-electron chi connectivity index (χ4n) is 3.21. The molecule has 16 heavy (non-hydrogen) atoms. The predicted octanol–water partition coefficient (Wildman–Crippen LogP) is 1.24. The Hall–Kier alpha value is -0.630. The molecule has 0 amide bonds. The molecule has 0 spiro atoms. The summed E-state index contributed by atoms with van der Waals surface area (Å²) in [6, 6.07) is 2.33. The van der Waals surface area contributed by atoms with Gasteiger partial charge in [-0.25, -0.2) is 0 Å². The third-order valence-electron chi connectivity index (χ3n) is 4.20. The van der Waals surface area contributed by atoms with Crippen molar-refractivity contribution in [1.82, 2.24) is 0 Å². The summed E-state index contributed by atoms with van der Waals surface area (Å²) in [5.41, 5.74) is -1.86. The van der Waals surface area contributed by atoms with E-state index in [1.165, 1.54) is 0 Å². The first-order chi connectivity index (χ1) is 7.62. The number of methoxy groups -OCH3 is 1. The summed E-state index contributed by atoms with van der Waals surface area (Å²) in [5.74, 6) is 0. The van der Waals surface area contributed by atoms with E-state index < -0.39 is 11.0 Å². The third kappa shape index (κ3) is 1.39. The van der Waals surface area contributed by atoms with Gasteiger partial charge in [-0.05, 0) is 25.7 Å². The Morgan fingerprint density at radius 1 is 1.62 bits per heavy atom. The monoisotopic (exact) mass is 225 g/mol. The number of hydrogen-bond donors (Lipinski definition) is 1. The fourth-order valence-corrected chi connectivity index (χ4v) is 3.21. The maximum atomic E-state index is 10.7. The molecule has 0 aromatic rings. The highest BCUT2D eigenvalue weighted by Crippen LogP contribution is 2.54. The standard InChI is InChI=1S/C12H19NO3/c1-3-12(14,8-15-2)11(7-13)6-9-4-5-10(11)16-9/h9-10,14H,3-6,8H2,1-2H3. The lowest BCUT2D eigenvalue weighted by Gasteiger charge is -2.42. The normalized spacial score (nSPS) is 40.6. The molecule has 0 aromatic carbocycles. The van der Waals surface area contributed by atoms with Crippen LogP contribution in [0, 0.1) is 16.7 Å². The van der Waals surface area contributed by atoms with Gasteiger partial charge < -0.3 is 14.6 Å². The highest BCUT2D eigenvalue weighted by Gasteiger charge is 2.63. The van der Waals surface area contributed by atoms with E-state index in [4.69, 9.17) is 9.47 Å². The largest absolute Gasteiger partial charge is 0.386 e. The molecule has 4 unspecified atom stereocenters. The minimum absolute atomic E-state index is 0.123. The summed E-state index contributed by atoms with van der Waals surface area (Å²) < 4.78 is 10.8. The molecule has 90 valence electrons. The van der Waals surface area contributed by atoms with E-state index in [9.17, 15) is 10.4 Å². The molecule has 2 saturated heterocycles. The topological polar surface area (TPSA) is 62.5 Å². The van der Waals surface area contributed by atoms with Gasteiger partial charge in [0.1, 0.15) is 11.0 Å². The van der Waals surface area contributed by atoms with Gasteiger partial charge in [0.05, 0.1) is 24.9 Å². The average molecular weight is 225 g/mol. The summed E-state index contributed by atoms with van der Waals surface area (Å²) in [7, 11) is 1.56. The van der Waals surface area contributed by atoms with Gasteiger partial charge in [0.2, 0.25) is 0 Å². The minimum Gasteiger partial charge on any atom is -0.386 e. The van der Waals surface area contributed by atoms with Crippen LogP contribution in [0.5, 0.6) is 0 Å². The Labute approximate surface area is 96.2 Å². The van der Waals surface area contributed by atoms with Gasteiger partial charge >= 0.3 is 0 Å². The molecule has 2 rings (SSSR count). The van der Waals surface area contributed by atoms with Crippen LogP contribution >= 0.6 is 0 Å². The lowest BCUT2D eigenvalue weighted by Crippen LogP contribution is -2.55. The molecule has 2 heterocycles. The average Bonchev–Trinajstić information content (AvgIpc) is 2.89. The van der Waals surface area contributed by atoms with Gasteiger partial charge in [-0.15, -0.1) is 0 Å². The molecule has 1 N–H and O–H groups in total. The molecular weight excluding hydrogens is 206 g/mol. The van der Waals surface area contributed by atoms with Gasteiger partial charge in [-0.3, -0.25) is 0 Å². The SMILES string of the molecule is CCC(O)(COC)C1(C#N)CC2CCC1O2. The van der Waals surface area contributed by atoms with E-state index in [1.54, 1.807) is 7.11 Å². The van der Waals surface area contributed by atoms with E-state index in [0.717, 1.165) is 12.8 Å². The van der Waals surface area contributed by atoms with E-state index in [2.05, 4.69) is 6.07 Å². The number of rotatable bonds is 4. The molecule has 4 heteroatoms. The molecule has 0 aromatic heterocycles. The Morgan fingerprint density at radius 3 is 2.75 bits per heavy atom. The Kier molecular flexibility index (Phi) is 2.95. The van der Waals surface area contributed by atoms with Gasteiger partial charge in [0, 0.05) is 7.11 Å². The zero-order chi connectivity index (χ0) is 11.8. The van der Waals surface area contributed by atoms with Crippen LogP contribution < -0.4 is 0 Å². The molecule has 2 bridgehead atoms. The summed E-state index contributed by atoms with van der Waals surface area (Å²) in [5, 5.41) is 20.2. The van der Waals surface area contributed by atoms with E-state index in [1.807, 2.05) is 6.92 Å². The first-order valence-corrected chi connectivity index (χ1v) is 5.90. The number of hydrogen-bond acceptors (Lipinski definition) is 4. The van der Waals surface area contributed by atoms with Gasteiger partial charge in [0.25, 0.3) is 0 Å². The van der Waals surface area contributed by atoms with Crippen molar-refractivity contribution >= 4 is 0 Å². The lowest BCUT2D eigenvalue weighted by molar-refractivity contribution is -0.125. The van der Waals surface area contributed by atoms with Crippen molar-refractivity contribution in [3.05, 3.63) is 0 Å². The molecular formula is C12H19NO3. The van der Waals surface area contributed by atoms with E-state index >= 15 is 0 Å². The smallest absolute Gasteiger partial charge is 0.117 e. The summed E-state index contributed by atoms with van der Waals surface area (Å²) in [6.45, 7) is 2.09. The van der Waals surface area contributed by atoms with Crippen molar-refractivity contribution in [2.75, 3.05) is 13.7 Å². The Morgan fingerprint density at radius 2 is 2.38 bits per heavy atom. The summed E-state index contributed by atoms with van der Waals surface area (Å²) in [6.07, 6.45) is 3.08. The van der Waals surface area contributed by atoms with Crippen molar-refractivity contribution in [3.8, 4) is 6.07 Å². The van der Waals surface area contributed by atoms with Gasteiger partial charge in [0.15, 0.2) is 0 Å². The molecule has 2 aliphatic heterocycles. The highest BCUT2D eigenvalue weighted by molar-refractivity contribution is 5.20. The first-order valence-electron chi connectivity index (χ1n) is 5.90. The van der Waals surface area contributed by atoms with E-state index in [-0.39, 0.29) is 18.8 Å². The van der Waals surface area contributed by atoms with Gasteiger partial charge in [-0.2, -0.15) is 5.26 Å².